The van der Waals surface area contributed by atoms with Gasteiger partial charge < -0.3 is 15.0 Å². The maximum atomic E-state index is 11.6. The van der Waals surface area contributed by atoms with Crippen LogP contribution in [0.1, 0.15) is 26.2 Å². The van der Waals surface area contributed by atoms with Gasteiger partial charge in [-0.05, 0) is 24.8 Å². The quantitative estimate of drug-likeness (QED) is 0.783. The van der Waals surface area contributed by atoms with Crippen LogP contribution >= 0.6 is 11.8 Å². The largest absolute Gasteiger partial charge is 0.376 e. The number of rotatable bonds is 7. The third-order valence-electron chi connectivity index (χ3n) is 4.23. The predicted molar refractivity (Wildman–Crippen MR) is 95.8 cm³/mol. The molecule has 0 unspecified atom stereocenters. The molecule has 1 aliphatic heterocycles. The summed E-state index contributed by atoms with van der Waals surface area (Å²) in [4.78, 5) is 16.2. The van der Waals surface area contributed by atoms with Crippen molar-refractivity contribution in [3.63, 3.8) is 0 Å². The first-order valence-corrected chi connectivity index (χ1v) is 9.25. The van der Waals surface area contributed by atoms with E-state index in [-0.39, 0.29) is 17.3 Å². The van der Waals surface area contributed by atoms with Gasteiger partial charge in [0.1, 0.15) is 0 Å². The Hall–Kier alpha value is -1.79. The molecule has 0 aliphatic carbocycles. The van der Waals surface area contributed by atoms with E-state index < -0.39 is 0 Å². The molecule has 1 saturated heterocycles. The molecule has 1 fully saturated rings. The fraction of sp³-hybridized carbons (Fsp3) is 0.444. The standard InChI is InChI=1S/C18H23N3O2S/c1-2-16(17(19)22)24-18-20-11-15(13-7-4-3-5-8-13)21(18)12-14-9-6-10-23-14/h3-5,7-8,11,14,16H,2,6,9-10,12H2,1H3,(H2,19,22)/t14-,16+/m1/s1. The summed E-state index contributed by atoms with van der Waals surface area (Å²) >= 11 is 1.44. The molecule has 6 heteroatoms. The summed E-state index contributed by atoms with van der Waals surface area (Å²) in [5.74, 6) is -0.296. The van der Waals surface area contributed by atoms with Crippen molar-refractivity contribution in [2.45, 2.75) is 49.2 Å². The van der Waals surface area contributed by atoms with E-state index in [1.54, 1.807) is 0 Å². The summed E-state index contributed by atoms with van der Waals surface area (Å²) < 4.78 is 7.97. The molecule has 2 atom stereocenters. The Morgan fingerprint density at radius 1 is 1.46 bits per heavy atom. The second-order valence-electron chi connectivity index (χ2n) is 5.95. The van der Waals surface area contributed by atoms with Gasteiger partial charge in [0.15, 0.2) is 5.16 Å². The number of benzene rings is 1. The molecule has 24 heavy (non-hydrogen) atoms. The van der Waals surface area contributed by atoms with Crippen molar-refractivity contribution in [1.82, 2.24) is 9.55 Å². The summed E-state index contributed by atoms with van der Waals surface area (Å²) in [6.45, 7) is 3.54. The van der Waals surface area contributed by atoms with Gasteiger partial charge in [-0.3, -0.25) is 4.79 Å². The van der Waals surface area contributed by atoms with Gasteiger partial charge in [-0.1, -0.05) is 49.0 Å². The van der Waals surface area contributed by atoms with Crippen LogP contribution in [0.15, 0.2) is 41.7 Å². The maximum Gasteiger partial charge on any atom is 0.231 e. The molecule has 0 saturated carbocycles. The third kappa shape index (κ3) is 3.82. The van der Waals surface area contributed by atoms with Crippen molar-refractivity contribution in [3.8, 4) is 11.3 Å². The number of amides is 1. The molecule has 128 valence electrons. The lowest BCUT2D eigenvalue weighted by Crippen LogP contribution is -2.26. The summed E-state index contributed by atoms with van der Waals surface area (Å²) in [5, 5.41) is 0.564. The topological polar surface area (TPSA) is 70.1 Å². The van der Waals surface area contributed by atoms with Crippen LogP contribution in [-0.2, 0) is 16.1 Å². The SMILES string of the molecule is CC[C@H](Sc1ncc(-c2ccccc2)n1C[C@H]1CCCO1)C(N)=O. The molecule has 1 aromatic carbocycles. The summed E-state index contributed by atoms with van der Waals surface area (Å²) in [6, 6.07) is 10.2. The van der Waals surface area contributed by atoms with E-state index in [4.69, 9.17) is 10.5 Å². The number of aromatic nitrogens is 2. The Bertz CT molecular complexity index is 681. The lowest BCUT2D eigenvalue weighted by atomic mass is 10.1. The summed E-state index contributed by atoms with van der Waals surface area (Å²) in [7, 11) is 0. The Kier molecular flexibility index (Phi) is 5.58. The van der Waals surface area contributed by atoms with Crippen molar-refractivity contribution in [2.75, 3.05) is 6.61 Å². The van der Waals surface area contributed by atoms with Crippen LogP contribution in [0, 0.1) is 0 Å². The average Bonchev–Trinajstić information content (AvgIpc) is 3.24. The van der Waals surface area contributed by atoms with Gasteiger partial charge in [-0.15, -0.1) is 0 Å². The molecule has 3 rings (SSSR count). The molecule has 2 aromatic rings. The average molecular weight is 345 g/mol. The zero-order valence-electron chi connectivity index (χ0n) is 13.9. The minimum atomic E-state index is -0.296. The number of thioether (sulfide) groups is 1. The second-order valence-corrected chi connectivity index (χ2v) is 7.12. The molecule has 1 aliphatic rings. The first-order valence-electron chi connectivity index (χ1n) is 8.37. The van der Waals surface area contributed by atoms with E-state index in [9.17, 15) is 4.79 Å². The number of hydrogen-bond donors (Lipinski definition) is 1. The third-order valence-corrected chi connectivity index (χ3v) is 5.62. The van der Waals surface area contributed by atoms with Crippen molar-refractivity contribution in [3.05, 3.63) is 36.5 Å². The van der Waals surface area contributed by atoms with Gasteiger partial charge in [0, 0.05) is 6.61 Å². The summed E-state index contributed by atoms with van der Waals surface area (Å²) in [6.07, 6.45) is 4.92. The highest BCUT2D eigenvalue weighted by Gasteiger charge is 2.23. The van der Waals surface area contributed by atoms with Crippen LogP contribution in [-0.4, -0.2) is 33.4 Å². The molecule has 0 spiro atoms. The van der Waals surface area contributed by atoms with E-state index in [0.717, 1.165) is 42.4 Å². The zero-order chi connectivity index (χ0) is 16.9. The minimum Gasteiger partial charge on any atom is -0.376 e. The molecule has 1 amide bonds. The van der Waals surface area contributed by atoms with E-state index in [1.165, 1.54) is 11.8 Å². The van der Waals surface area contributed by atoms with E-state index >= 15 is 0 Å². The van der Waals surface area contributed by atoms with Crippen molar-refractivity contribution < 1.29 is 9.53 Å². The van der Waals surface area contributed by atoms with Crippen LogP contribution in [0.5, 0.6) is 0 Å². The number of carbonyl (C=O) groups excluding carboxylic acids is 1. The number of hydrogen-bond acceptors (Lipinski definition) is 4. The highest BCUT2D eigenvalue weighted by atomic mass is 32.2. The smallest absolute Gasteiger partial charge is 0.231 e. The van der Waals surface area contributed by atoms with E-state index in [0.29, 0.717) is 6.42 Å². The number of carbonyl (C=O) groups is 1. The van der Waals surface area contributed by atoms with Gasteiger partial charge in [0.25, 0.3) is 0 Å². The summed E-state index contributed by atoms with van der Waals surface area (Å²) in [5.41, 5.74) is 7.67. The fourth-order valence-corrected chi connectivity index (χ4v) is 3.88. The van der Waals surface area contributed by atoms with Gasteiger partial charge in [-0.2, -0.15) is 0 Å². The molecular formula is C18H23N3O2S. The number of nitrogens with zero attached hydrogens (tertiary/aromatic N) is 2. The van der Waals surface area contributed by atoms with Crippen LogP contribution in [0.2, 0.25) is 0 Å². The van der Waals surface area contributed by atoms with Gasteiger partial charge >= 0.3 is 0 Å². The Balaban J connectivity index is 1.92. The predicted octanol–water partition coefficient (Wildman–Crippen LogP) is 3.09. The first-order chi connectivity index (χ1) is 11.7. The van der Waals surface area contributed by atoms with Crippen LogP contribution in [0.25, 0.3) is 11.3 Å². The van der Waals surface area contributed by atoms with Crippen LogP contribution < -0.4 is 5.73 Å². The van der Waals surface area contributed by atoms with E-state index in [1.807, 2.05) is 31.3 Å². The molecule has 0 radical (unpaired) electrons. The number of nitrogens with two attached hydrogens (primary N) is 1. The molecule has 1 aromatic heterocycles. The highest BCUT2D eigenvalue weighted by molar-refractivity contribution is 8.00. The molecular weight excluding hydrogens is 322 g/mol. The molecule has 0 bridgehead atoms. The lowest BCUT2D eigenvalue weighted by molar-refractivity contribution is -0.117. The van der Waals surface area contributed by atoms with Gasteiger partial charge in [0.2, 0.25) is 5.91 Å². The highest BCUT2D eigenvalue weighted by Crippen LogP contribution is 2.31. The lowest BCUT2D eigenvalue weighted by Gasteiger charge is -2.17. The van der Waals surface area contributed by atoms with Gasteiger partial charge in [0.05, 0.1) is 29.8 Å². The first kappa shape index (κ1) is 17.0. The maximum absolute atomic E-state index is 11.6. The monoisotopic (exact) mass is 345 g/mol. The Morgan fingerprint density at radius 3 is 2.88 bits per heavy atom. The van der Waals surface area contributed by atoms with Gasteiger partial charge in [-0.25, -0.2) is 4.98 Å². The normalized spacial score (nSPS) is 18.6. The minimum absolute atomic E-state index is 0.203. The van der Waals surface area contributed by atoms with Crippen molar-refractivity contribution >= 4 is 17.7 Å². The number of ether oxygens (including phenoxy) is 1. The fourth-order valence-electron chi connectivity index (χ4n) is 2.93. The number of primary amides is 1. The Labute approximate surface area is 146 Å². The van der Waals surface area contributed by atoms with Crippen molar-refractivity contribution in [2.24, 2.45) is 5.73 Å². The van der Waals surface area contributed by atoms with Crippen LogP contribution in [0.4, 0.5) is 0 Å². The second kappa shape index (κ2) is 7.85. The number of imidazole rings is 1. The van der Waals surface area contributed by atoms with Crippen molar-refractivity contribution in [1.29, 1.82) is 0 Å². The van der Waals surface area contributed by atoms with E-state index in [2.05, 4.69) is 21.7 Å². The zero-order valence-corrected chi connectivity index (χ0v) is 14.7. The molecule has 2 heterocycles. The molecule has 5 nitrogen and oxygen atoms in total. The van der Waals surface area contributed by atoms with Crippen LogP contribution in [0.3, 0.4) is 0 Å². The molecule has 2 N–H and O–H groups in total. The Morgan fingerprint density at radius 2 is 2.25 bits per heavy atom.